The van der Waals surface area contributed by atoms with Gasteiger partial charge in [0.15, 0.2) is 0 Å². The first-order valence-electron chi connectivity index (χ1n) is 8.38. The van der Waals surface area contributed by atoms with Crippen LogP contribution in [0.2, 0.25) is 0 Å². The van der Waals surface area contributed by atoms with E-state index in [1.807, 2.05) is 36.4 Å². The molecule has 0 unspecified atom stereocenters. The number of carbonyl (C=O) groups excluding carboxylic acids is 1. The van der Waals surface area contributed by atoms with Crippen molar-refractivity contribution in [1.82, 2.24) is 19.9 Å². The van der Waals surface area contributed by atoms with Gasteiger partial charge in [-0.05, 0) is 30.3 Å². The number of methoxy groups -OCH3 is 1. The Hall–Kier alpha value is -3.74. The number of nitrogens with one attached hydrogen (secondary N) is 2. The Morgan fingerprint density at radius 2 is 2.00 bits per heavy atom. The van der Waals surface area contributed by atoms with Crippen molar-refractivity contribution in [3.05, 3.63) is 54.9 Å². The Morgan fingerprint density at radius 1 is 1.11 bits per heavy atom. The van der Waals surface area contributed by atoms with Gasteiger partial charge in [-0.25, -0.2) is 9.97 Å². The normalized spacial score (nSPS) is 10.7. The molecule has 4 rings (SSSR count). The molecule has 27 heavy (non-hydrogen) atoms. The van der Waals surface area contributed by atoms with Crippen LogP contribution >= 0.6 is 0 Å². The van der Waals surface area contributed by atoms with Gasteiger partial charge in [-0.1, -0.05) is 6.07 Å². The highest BCUT2D eigenvalue weighted by atomic mass is 16.5. The molecule has 1 amide bonds. The highest BCUT2D eigenvalue weighted by Gasteiger charge is 2.18. The Morgan fingerprint density at radius 3 is 2.81 bits per heavy atom. The second kappa shape index (κ2) is 6.87. The Balaban J connectivity index is 1.94. The summed E-state index contributed by atoms with van der Waals surface area (Å²) in [6, 6.07) is 13.1. The average molecular weight is 359 g/mol. The number of nitrogens with zero attached hydrogens (tertiary/aromatic N) is 3. The number of H-pyrrole nitrogens is 1. The lowest BCUT2D eigenvalue weighted by Crippen LogP contribution is -2.07. The molecule has 7 heteroatoms. The van der Waals surface area contributed by atoms with Crippen LogP contribution < -0.4 is 10.1 Å². The summed E-state index contributed by atoms with van der Waals surface area (Å²) >= 11 is 0. The zero-order valence-corrected chi connectivity index (χ0v) is 14.9. The molecule has 4 aromatic rings. The smallest absolute Gasteiger partial charge is 0.222 e. The number of hydrogen-bond donors (Lipinski definition) is 2. The van der Waals surface area contributed by atoms with E-state index in [4.69, 9.17) is 4.74 Å². The number of anilines is 1. The molecule has 134 valence electrons. The minimum Gasteiger partial charge on any atom is -0.481 e. The Kier molecular flexibility index (Phi) is 4.25. The highest BCUT2D eigenvalue weighted by molar-refractivity contribution is 6.01. The van der Waals surface area contributed by atoms with Gasteiger partial charge >= 0.3 is 0 Å². The van der Waals surface area contributed by atoms with Crippen LogP contribution in [0.3, 0.4) is 0 Å². The lowest BCUT2D eigenvalue weighted by molar-refractivity contribution is -0.114. The topological polar surface area (TPSA) is 92.8 Å². The van der Waals surface area contributed by atoms with Crippen molar-refractivity contribution in [2.75, 3.05) is 12.4 Å². The molecular formula is C20H17N5O2. The molecule has 0 saturated carbocycles. The van der Waals surface area contributed by atoms with Crippen LogP contribution in [0.25, 0.3) is 33.5 Å². The molecule has 0 bridgehead atoms. The van der Waals surface area contributed by atoms with E-state index in [2.05, 4.69) is 25.3 Å². The molecule has 0 spiro atoms. The van der Waals surface area contributed by atoms with Crippen molar-refractivity contribution >= 4 is 22.8 Å². The lowest BCUT2D eigenvalue weighted by Gasteiger charge is -2.08. The summed E-state index contributed by atoms with van der Waals surface area (Å²) < 4.78 is 5.27. The number of carbonyl (C=O) groups is 1. The standard InChI is InChI=1S/C20H17N5O2/c1-12(26)23-16-11-13(8-10-21-16)19-18(14-5-3-7-17(24-14)27-2)20-15(25-19)6-4-9-22-20/h3-11,25H,1-2H3,(H,21,23,26). The van der Waals surface area contributed by atoms with Crippen molar-refractivity contribution in [3.8, 4) is 28.4 Å². The van der Waals surface area contributed by atoms with E-state index in [-0.39, 0.29) is 5.91 Å². The third-order valence-electron chi connectivity index (χ3n) is 4.10. The van der Waals surface area contributed by atoms with Gasteiger partial charge in [0.25, 0.3) is 0 Å². The molecule has 4 heterocycles. The van der Waals surface area contributed by atoms with Crippen LogP contribution in [0.15, 0.2) is 54.9 Å². The second-order valence-electron chi connectivity index (χ2n) is 5.95. The van der Waals surface area contributed by atoms with E-state index in [0.29, 0.717) is 11.7 Å². The van der Waals surface area contributed by atoms with Crippen molar-refractivity contribution in [3.63, 3.8) is 0 Å². The van der Waals surface area contributed by atoms with Crippen molar-refractivity contribution in [2.45, 2.75) is 6.92 Å². The first kappa shape index (κ1) is 16.7. The Labute approximate surface area is 155 Å². The van der Waals surface area contributed by atoms with E-state index < -0.39 is 0 Å². The maximum absolute atomic E-state index is 11.4. The fraction of sp³-hybridized carbons (Fsp3) is 0.100. The number of fused-ring (bicyclic) bond motifs is 1. The molecular weight excluding hydrogens is 342 g/mol. The third-order valence-corrected chi connectivity index (χ3v) is 4.10. The maximum atomic E-state index is 11.4. The molecule has 0 aromatic carbocycles. The van der Waals surface area contributed by atoms with Gasteiger partial charge in [-0.2, -0.15) is 0 Å². The maximum Gasteiger partial charge on any atom is 0.222 e. The number of rotatable bonds is 4. The number of amides is 1. The van der Waals surface area contributed by atoms with Crippen LogP contribution in [0.5, 0.6) is 5.88 Å². The summed E-state index contributed by atoms with van der Waals surface area (Å²) in [5, 5.41) is 2.71. The molecule has 0 aliphatic rings. The number of hydrogen-bond acceptors (Lipinski definition) is 5. The van der Waals surface area contributed by atoms with Gasteiger partial charge in [0.2, 0.25) is 11.8 Å². The van der Waals surface area contributed by atoms with Gasteiger partial charge in [0.1, 0.15) is 5.82 Å². The summed E-state index contributed by atoms with van der Waals surface area (Å²) in [5.74, 6) is 0.834. The van der Waals surface area contributed by atoms with Gasteiger partial charge in [-0.3, -0.25) is 9.78 Å². The number of pyridine rings is 3. The third kappa shape index (κ3) is 3.22. The fourth-order valence-corrected chi connectivity index (χ4v) is 2.99. The zero-order chi connectivity index (χ0) is 18.8. The molecule has 0 saturated heterocycles. The highest BCUT2D eigenvalue weighted by Crippen LogP contribution is 2.37. The van der Waals surface area contributed by atoms with Gasteiger partial charge < -0.3 is 15.0 Å². The van der Waals surface area contributed by atoms with Crippen molar-refractivity contribution in [1.29, 1.82) is 0 Å². The predicted molar refractivity (Wildman–Crippen MR) is 103 cm³/mol. The number of aromatic nitrogens is 4. The summed E-state index contributed by atoms with van der Waals surface area (Å²) in [6.45, 7) is 1.45. The molecule has 0 atom stereocenters. The first-order valence-corrected chi connectivity index (χ1v) is 8.38. The van der Waals surface area contributed by atoms with Gasteiger partial charge in [0.05, 0.1) is 35.1 Å². The monoisotopic (exact) mass is 359 g/mol. The first-order chi connectivity index (χ1) is 13.2. The van der Waals surface area contributed by atoms with E-state index in [1.54, 1.807) is 25.6 Å². The molecule has 4 aromatic heterocycles. The van der Waals surface area contributed by atoms with Crippen LogP contribution in [-0.4, -0.2) is 33.0 Å². The second-order valence-corrected chi connectivity index (χ2v) is 5.95. The average Bonchev–Trinajstić information content (AvgIpc) is 3.07. The van der Waals surface area contributed by atoms with Crippen molar-refractivity contribution in [2.24, 2.45) is 0 Å². The summed E-state index contributed by atoms with van der Waals surface area (Å²) in [7, 11) is 1.59. The number of ether oxygens (including phenoxy) is 1. The molecule has 0 fully saturated rings. The molecule has 0 radical (unpaired) electrons. The van der Waals surface area contributed by atoms with Crippen LogP contribution in [0.4, 0.5) is 5.82 Å². The zero-order valence-electron chi connectivity index (χ0n) is 14.9. The summed E-state index contributed by atoms with van der Waals surface area (Å²) in [4.78, 5) is 28.1. The van der Waals surface area contributed by atoms with E-state index in [1.165, 1.54) is 6.92 Å². The lowest BCUT2D eigenvalue weighted by atomic mass is 10.0. The molecule has 2 N–H and O–H groups in total. The fourth-order valence-electron chi connectivity index (χ4n) is 2.99. The van der Waals surface area contributed by atoms with Crippen LogP contribution in [0, 0.1) is 0 Å². The number of aromatic amines is 1. The van der Waals surface area contributed by atoms with Gasteiger partial charge in [0, 0.05) is 30.9 Å². The molecule has 0 aliphatic heterocycles. The van der Waals surface area contributed by atoms with E-state index >= 15 is 0 Å². The van der Waals surface area contributed by atoms with E-state index in [0.717, 1.165) is 33.5 Å². The Bertz CT molecular complexity index is 1140. The van der Waals surface area contributed by atoms with Crippen LogP contribution in [0.1, 0.15) is 6.92 Å². The molecule has 0 aliphatic carbocycles. The predicted octanol–water partition coefficient (Wildman–Crippen LogP) is 3.65. The summed E-state index contributed by atoms with van der Waals surface area (Å²) in [5.41, 5.74) is 5.03. The van der Waals surface area contributed by atoms with E-state index in [9.17, 15) is 4.79 Å². The summed E-state index contributed by atoms with van der Waals surface area (Å²) in [6.07, 6.45) is 3.40. The minimum absolute atomic E-state index is 0.173. The SMILES string of the molecule is COc1cccc(-c2c(-c3ccnc(NC(C)=O)c3)[nH]c3cccnc23)n1. The quantitative estimate of drug-likeness (QED) is 0.580. The van der Waals surface area contributed by atoms with Crippen LogP contribution in [-0.2, 0) is 4.79 Å². The minimum atomic E-state index is -0.173. The van der Waals surface area contributed by atoms with Crippen molar-refractivity contribution < 1.29 is 9.53 Å². The molecule has 7 nitrogen and oxygen atoms in total. The van der Waals surface area contributed by atoms with Gasteiger partial charge in [-0.15, -0.1) is 0 Å². The largest absolute Gasteiger partial charge is 0.481 e.